The minimum atomic E-state index is 1.47. The Morgan fingerprint density at radius 3 is 1.50 bits per heavy atom. The first-order valence-electron chi connectivity index (χ1n) is 4.07. The van der Waals surface area contributed by atoms with Crippen LogP contribution < -0.4 is 0 Å². The van der Waals surface area contributed by atoms with Gasteiger partial charge in [-0.3, -0.25) is 0 Å². The summed E-state index contributed by atoms with van der Waals surface area (Å²) in [6, 6.07) is 0. The Morgan fingerprint density at radius 1 is 0.750 bits per heavy atom. The molecule has 2 aromatic heterocycles. The molecule has 0 saturated heterocycles. The van der Waals surface area contributed by atoms with Gasteiger partial charge < -0.3 is 0 Å². The summed E-state index contributed by atoms with van der Waals surface area (Å²) in [7, 11) is 0. The van der Waals surface area contributed by atoms with Crippen LogP contribution in [0.15, 0.2) is 0 Å². The predicted molar refractivity (Wildman–Crippen MR) is 58.7 cm³/mol. The molecule has 0 amide bonds. The van der Waals surface area contributed by atoms with Crippen LogP contribution in [0.4, 0.5) is 0 Å². The Hall–Kier alpha value is -0.340. The lowest BCUT2D eigenvalue weighted by Crippen LogP contribution is -1.73. The molecule has 0 aromatic carbocycles. The maximum Gasteiger partial charge on any atom is 0.0876 e. The molecule has 0 aliphatic heterocycles. The highest BCUT2D eigenvalue weighted by atomic mass is 32.2. The number of hydrogen-bond acceptors (Lipinski definition) is 2. The van der Waals surface area contributed by atoms with E-state index in [4.69, 9.17) is 0 Å². The van der Waals surface area contributed by atoms with Crippen molar-refractivity contribution in [1.29, 1.82) is 0 Å². The topological polar surface area (TPSA) is 0 Å². The van der Waals surface area contributed by atoms with Crippen molar-refractivity contribution in [3.63, 3.8) is 0 Å². The van der Waals surface area contributed by atoms with E-state index in [0.29, 0.717) is 0 Å². The lowest BCUT2D eigenvalue weighted by Gasteiger charge is -1.91. The second-order valence-electron chi connectivity index (χ2n) is 3.23. The van der Waals surface area contributed by atoms with Gasteiger partial charge in [0.05, 0.1) is 4.01 Å². The van der Waals surface area contributed by atoms with Gasteiger partial charge in [0.15, 0.2) is 0 Å². The first-order chi connectivity index (χ1) is 5.61. The average Bonchev–Trinajstić information content (AvgIpc) is 2.40. The molecule has 0 unspecified atom stereocenters. The quantitative estimate of drug-likeness (QED) is 0.592. The van der Waals surface area contributed by atoms with Crippen molar-refractivity contribution in [2.75, 3.05) is 0 Å². The number of fused-ring (bicyclic) bond motifs is 1. The maximum atomic E-state index is 2.23. The molecule has 2 aromatic rings. The zero-order chi connectivity index (χ0) is 8.88. The zero-order valence-electron chi connectivity index (χ0n) is 7.82. The zero-order valence-corrected chi connectivity index (χ0v) is 9.45. The van der Waals surface area contributed by atoms with E-state index in [2.05, 4.69) is 27.7 Å². The van der Waals surface area contributed by atoms with Crippen LogP contribution in [0, 0.1) is 27.7 Å². The highest BCUT2D eigenvalue weighted by Crippen LogP contribution is 2.39. The third kappa shape index (κ3) is 0.947. The summed E-state index contributed by atoms with van der Waals surface area (Å²) in [6.45, 7) is 8.88. The Labute approximate surface area is 80.9 Å². The predicted octanol–water partition coefficient (Wildman–Crippen LogP) is 4.20. The van der Waals surface area contributed by atoms with Gasteiger partial charge in [-0.15, -0.1) is 22.7 Å². The maximum absolute atomic E-state index is 2.23. The summed E-state index contributed by atoms with van der Waals surface area (Å²) in [5.41, 5.74) is 2.97. The van der Waals surface area contributed by atoms with E-state index in [-0.39, 0.29) is 0 Å². The van der Waals surface area contributed by atoms with Crippen molar-refractivity contribution in [2.45, 2.75) is 27.7 Å². The fourth-order valence-electron chi connectivity index (χ4n) is 1.49. The van der Waals surface area contributed by atoms with Crippen molar-refractivity contribution in [3.8, 4) is 0 Å². The number of rotatable bonds is 0. The van der Waals surface area contributed by atoms with Crippen LogP contribution in [-0.2, 0) is 0 Å². The molecule has 12 heavy (non-hydrogen) atoms. The first-order valence-corrected chi connectivity index (χ1v) is 5.70. The van der Waals surface area contributed by atoms with Gasteiger partial charge in [-0.05, 0) is 38.8 Å². The normalized spacial score (nSPS) is 11.3. The first kappa shape index (κ1) is 8.27. The number of aryl methyl sites for hydroxylation is 4. The SMILES string of the molecule is Cc1sc2sc(C)c(C)c2c1C. The van der Waals surface area contributed by atoms with Crippen molar-refractivity contribution in [2.24, 2.45) is 0 Å². The molecule has 64 valence electrons. The van der Waals surface area contributed by atoms with Crippen LogP contribution in [0.25, 0.3) is 9.40 Å². The number of thiophene rings is 2. The summed E-state index contributed by atoms with van der Waals surface area (Å²) >= 11 is 3.86. The summed E-state index contributed by atoms with van der Waals surface area (Å²) in [5.74, 6) is 0. The summed E-state index contributed by atoms with van der Waals surface area (Å²) in [5, 5.41) is 1.51. The van der Waals surface area contributed by atoms with E-state index in [1.165, 1.54) is 30.3 Å². The molecule has 0 nitrogen and oxygen atoms in total. The van der Waals surface area contributed by atoms with Crippen LogP contribution in [0.2, 0.25) is 0 Å². The van der Waals surface area contributed by atoms with Crippen LogP contribution in [0.1, 0.15) is 20.9 Å². The molecule has 0 bridgehead atoms. The molecule has 0 atom stereocenters. The van der Waals surface area contributed by atoms with E-state index in [1.807, 2.05) is 22.7 Å². The third-order valence-electron chi connectivity index (χ3n) is 2.50. The van der Waals surface area contributed by atoms with Crippen LogP contribution >= 0.6 is 22.7 Å². The molecule has 0 fully saturated rings. The van der Waals surface area contributed by atoms with Gasteiger partial charge in [0.25, 0.3) is 0 Å². The Bertz CT molecular complexity index is 395. The fourth-order valence-corrected chi connectivity index (χ4v) is 4.29. The minimum Gasteiger partial charge on any atom is -0.129 e. The van der Waals surface area contributed by atoms with E-state index < -0.39 is 0 Å². The highest BCUT2D eigenvalue weighted by Gasteiger charge is 2.11. The molecule has 0 saturated carbocycles. The molecule has 0 aliphatic rings. The van der Waals surface area contributed by atoms with E-state index in [9.17, 15) is 0 Å². The standard InChI is InChI=1S/C10H12S2/c1-5-7(3)11-10-9(5)6(2)8(4)12-10/h1-4H3. The van der Waals surface area contributed by atoms with Gasteiger partial charge in [-0.25, -0.2) is 0 Å². The molecule has 0 radical (unpaired) electrons. The molecular formula is C10H12S2. The van der Waals surface area contributed by atoms with E-state index in [1.54, 1.807) is 0 Å². The fraction of sp³-hybridized carbons (Fsp3) is 0.400. The summed E-state index contributed by atoms with van der Waals surface area (Å²) in [4.78, 5) is 2.94. The van der Waals surface area contributed by atoms with E-state index >= 15 is 0 Å². The molecule has 0 N–H and O–H groups in total. The summed E-state index contributed by atoms with van der Waals surface area (Å²) < 4.78 is 1.50. The minimum absolute atomic E-state index is 1.47. The van der Waals surface area contributed by atoms with Gasteiger partial charge in [0.2, 0.25) is 0 Å². The van der Waals surface area contributed by atoms with Gasteiger partial charge in [-0.1, -0.05) is 0 Å². The second kappa shape index (κ2) is 2.57. The Kier molecular flexibility index (Phi) is 1.77. The van der Waals surface area contributed by atoms with Crippen molar-refractivity contribution in [3.05, 3.63) is 20.9 Å². The molecule has 0 spiro atoms. The van der Waals surface area contributed by atoms with Crippen LogP contribution in [0.5, 0.6) is 0 Å². The van der Waals surface area contributed by atoms with E-state index in [0.717, 1.165) is 0 Å². The van der Waals surface area contributed by atoms with Gasteiger partial charge in [0, 0.05) is 15.1 Å². The monoisotopic (exact) mass is 196 g/mol. The van der Waals surface area contributed by atoms with Crippen LogP contribution in [0.3, 0.4) is 0 Å². The Morgan fingerprint density at radius 2 is 1.17 bits per heavy atom. The average molecular weight is 196 g/mol. The number of hydrogen-bond donors (Lipinski definition) is 0. The largest absolute Gasteiger partial charge is 0.129 e. The van der Waals surface area contributed by atoms with Crippen molar-refractivity contribution < 1.29 is 0 Å². The smallest absolute Gasteiger partial charge is 0.0876 e. The van der Waals surface area contributed by atoms with Gasteiger partial charge in [-0.2, -0.15) is 0 Å². The Balaban J connectivity index is 2.94. The van der Waals surface area contributed by atoms with Gasteiger partial charge >= 0.3 is 0 Å². The lowest BCUT2D eigenvalue weighted by molar-refractivity contribution is 1.42. The summed E-state index contributed by atoms with van der Waals surface area (Å²) in [6.07, 6.45) is 0. The molecular weight excluding hydrogens is 184 g/mol. The van der Waals surface area contributed by atoms with Crippen molar-refractivity contribution >= 4 is 32.1 Å². The molecule has 2 rings (SSSR count). The lowest BCUT2D eigenvalue weighted by atomic mass is 10.1. The van der Waals surface area contributed by atoms with Gasteiger partial charge in [0.1, 0.15) is 0 Å². The molecule has 2 heterocycles. The van der Waals surface area contributed by atoms with Crippen LogP contribution in [-0.4, -0.2) is 0 Å². The van der Waals surface area contributed by atoms with Crippen molar-refractivity contribution in [1.82, 2.24) is 0 Å². The third-order valence-corrected chi connectivity index (χ3v) is 5.01. The molecule has 2 heteroatoms. The molecule has 0 aliphatic carbocycles. The highest BCUT2D eigenvalue weighted by molar-refractivity contribution is 7.38. The second-order valence-corrected chi connectivity index (χ2v) is 5.94.